The number of hydrogen-bond acceptors (Lipinski definition) is 4. The van der Waals surface area contributed by atoms with Crippen LogP contribution in [0.25, 0.3) is 0 Å². The molecule has 1 aromatic rings. The van der Waals surface area contributed by atoms with Crippen LogP contribution < -0.4 is 4.74 Å². The topological polar surface area (TPSA) is 60.4 Å². The van der Waals surface area contributed by atoms with Gasteiger partial charge in [0.25, 0.3) is 0 Å². The fourth-order valence-corrected chi connectivity index (χ4v) is 1.48. The summed E-state index contributed by atoms with van der Waals surface area (Å²) in [5.41, 5.74) is 0.340. The third-order valence-electron chi connectivity index (χ3n) is 2.10. The van der Waals surface area contributed by atoms with Gasteiger partial charge in [0.1, 0.15) is 5.78 Å². The number of ketones is 2. The molecule has 0 aromatic heterocycles. The Morgan fingerprint density at radius 2 is 1.88 bits per heavy atom. The molecule has 0 fully saturated rings. The average Bonchev–Trinajstić information content (AvgIpc) is 2.23. The molecule has 5 heteroatoms. The van der Waals surface area contributed by atoms with E-state index in [1.807, 2.05) is 0 Å². The van der Waals surface area contributed by atoms with E-state index in [2.05, 4.69) is 6.07 Å². The van der Waals surface area contributed by atoms with Crippen LogP contribution in [0.4, 0.5) is 0 Å². The molecular weight excluding hydrogens is 297 g/mol. The zero-order valence-electron chi connectivity index (χ0n) is 9.02. The van der Waals surface area contributed by atoms with E-state index in [1.54, 1.807) is 0 Å². The molecule has 0 amide bonds. The molecule has 0 saturated carbocycles. The Morgan fingerprint density at radius 1 is 1.24 bits per heavy atom. The third-order valence-corrected chi connectivity index (χ3v) is 2.10. The molecule has 1 aromatic carbocycles. The van der Waals surface area contributed by atoms with Gasteiger partial charge in [0, 0.05) is 45.4 Å². The Hall–Kier alpha value is -1.13. The number of esters is 1. The van der Waals surface area contributed by atoms with Crippen LogP contribution >= 0.6 is 0 Å². The van der Waals surface area contributed by atoms with Gasteiger partial charge in [0.05, 0.1) is 0 Å². The van der Waals surface area contributed by atoms with E-state index in [0.717, 1.165) is 6.08 Å². The van der Waals surface area contributed by atoms with Crippen molar-refractivity contribution in [2.45, 2.75) is 6.92 Å². The number of ether oxygens (including phenoxy) is 1. The molecule has 2 rings (SSSR count). The Bertz CT molecular complexity index is 531. The predicted molar refractivity (Wildman–Crippen MR) is 54.4 cm³/mol. The fourth-order valence-electron chi connectivity index (χ4n) is 1.48. The van der Waals surface area contributed by atoms with Crippen LogP contribution in [0.15, 0.2) is 24.3 Å². The van der Waals surface area contributed by atoms with E-state index in [4.69, 9.17) is 4.74 Å². The number of carbonyl (C=O) groups is 3. The maximum absolute atomic E-state index is 11.6. The molecular formula is C12H7O4Y-. The molecule has 0 bridgehead atoms. The third kappa shape index (κ3) is 2.76. The number of benzene rings is 1. The van der Waals surface area contributed by atoms with Gasteiger partial charge in [-0.1, -0.05) is 5.56 Å². The molecule has 0 N–H and O–H groups in total. The molecule has 1 radical (unpaired) electrons. The van der Waals surface area contributed by atoms with E-state index in [-0.39, 0.29) is 61.2 Å². The van der Waals surface area contributed by atoms with Crippen molar-refractivity contribution in [2.24, 2.45) is 0 Å². The standard InChI is InChI=1S/C12H7O4.Y/c1-7(13)16-11-4-2-3-8-9(14)5-6-10(15)12(8)11;/h2-3,5-6H,1H3;/q-1;. The quantitative estimate of drug-likeness (QED) is 0.446. The zero-order valence-corrected chi connectivity index (χ0v) is 11.9. The van der Waals surface area contributed by atoms with Gasteiger partial charge < -0.3 is 9.53 Å². The van der Waals surface area contributed by atoms with Crippen LogP contribution in [0.2, 0.25) is 0 Å². The molecule has 0 aliphatic heterocycles. The van der Waals surface area contributed by atoms with Crippen molar-refractivity contribution >= 4 is 17.5 Å². The first kappa shape index (κ1) is 13.9. The van der Waals surface area contributed by atoms with E-state index in [0.29, 0.717) is 0 Å². The monoisotopic (exact) mass is 304 g/mol. The van der Waals surface area contributed by atoms with Gasteiger partial charge in [-0.2, -0.15) is 12.1 Å². The van der Waals surface area contributed by atoms with Crippen molar-refractivity contribution in [3.8, 4) is 5.75 Å². The van der Waals surface area contributed by atoms with E-state index >= 15 is 0 Å². The van der Waals surface area contributed by atoms with Gasteiger partial charge in [-0.05, 0) is 17.7 Å². The van der Waals surface area contributed by atoms with E-state index < -0.39 is 5.97 Å². The van der Waals surface area contributed by atoms with Crippen LogP contribution in [0, 0.1) is 6.07 Å². The van der Waals surface area contributed by atoms with Gasteiger partial charge in [-0.15, -0.1) is 6.07 Å². The maximum Gasteiger partial charge on any atom is 0.305 e. The molecule has 0 atom stereocenters. The maximum atomic E-state index is 11.6. The van der Waals surface area contributed by atoms with Crippen molar-refractivity contribution in [3.63, 3.8) is 0 Å². The summed E-state index contributed by atoms with van der Waals surface area (Å²) in [6.07, 6.45) is 2.35. The van der Waals surface area contributed by atoms with Gasteiger partial charge in [0.2, 0.25) is 0 Å². The minimum absolute atomic E-state index is 0. The number of allylic oxidation sites excluding steroid dienone is 2. The minimum Gasteiger partial charge on any atom is -0.453 e. The number of carbonyl (C=O) groups excluding carboxylic acids is 3. The number of fused-ring (bicyclic) bond motifs is 1. The summed E-state index contributed by atoms with van der Waals surface area (Å²) in [7, 11) is 0. The second kappa shape index (κ2) is 5.47. The average molecular weight is 304 g/mol. The normalized spacial score (nSPS) is 12.8. The second-order valence-corrected chi connectivity index (χ2v) is 3.25. The Kier molecular flexibility index (Phi) is 4.49. The molecule has 4 nitrogen and oxygen atoms in total. The fraction of sp³-hybridized carbons (Fsp3) is 0.0833. The summed E-state index contributed by atoms with van der Waals surface area (Å²) >= 11 is 0. The van der Waals surface area contributed by atoms with Crippen molar-refractivity contribution in [1.82, 2.24) is 0 Å². The molecule has 17 heavy (non-hydrogen) atoms. The van der Waals surface area contributed by atoms with Gasteiger partial charge in [-0.3, -0.25) is 9.59 Å². The Labute approximate surface area is 123 Å². The van der Waals surface area contributed by atoms with Gasteiger partial charge in [0.15, 0.2) is 5.78 Å². The van der Waals surface area contributed by atoms with Crippen LogP contribution in [0.1, 0.15) is 27.6 Å². The number of rotatable bonds is 1. The summed E-state index contributed by atoms with van der Waals surface area (Å²) in [6, 6.07) is 5.55. The van der Waals surface area contributed by atoms with Crippen molar-refractivity contribution in [3.05, 3.63) is 41.5 Å². The molecule has 0 unspecified atom stereocenters. The van der Waals surface area contributed by atoms with E-state index in [9.17, 15) is 14.4 Å². The SMILES string of the molecule is CC(=O)Oc1[c-]ccc2c1C(=O)C=CC2=O.[Y]. The molecule has 1 aliphatic carbocycles. The van der Waals surface area contributed by atoms with Crippen LogP contribution in [0.3, 0.4) is 0 Å². The van der Waals surface area contributed by atoms with E-state index in [1.165, 1.54) is 25.1 Å². The second-order valence-electron chi connectivity index (χ2n) is 3.25. The first-order chi connectivity index (χ1) is 7.59. The van der Waals surface area contributed by atoms with Crippen LogP contribution in [-0.2, 0) is 37.5 Å². The first-order valence-electron chi connectivity index (χ1n) is 4.59. The molecule has 1 aliphatic rings. The number of hydrogen-bond donors (Lipinski definition) is 0. The molecule has 0 saturated heterocycles. The predicted octanol–water partition coefficient (Wildman–Crippen LogP) is 1.34. The molecule has 0 spiro atoms. The largest absolute Gasteiger partial charge is 0.453 e. The summed E-state index contributed by atoms with van der Waals surface area (Å²) in [5.74, 6) is -1.19. The summed E-state index contributed by atoms with van der Waals surface area (Å²) in [5, 5.41) is 0. The Balaban J connectivity index is 0.00000144. The van der Waals surface area contributed by atoms with Gasteiger partial charge in [-0.25, -0.2) is 0 Å². The zero-order chi connectivity index (χ0) is 11.7. The minimum atomic E-state index is -0.556. The summed E-state index contributed by atoms with van der Waals surface area (Å²) < 4.78 is 4.83. The van der Waals surface area contributed by atoms with Crippen molar-refractivity contribution in [2.75, 3.05) is 0 Å². The molecule has 83 valence electrons. The van der Waals surface area contributed by atoms with Crippen LogP contribution in [0.5, 0.6) is 5.75 Å². The summed E-state index contributed by atoms with van der Waals surface area (Å²) in [6.45, 7) is 1.22. The molecule has 0 heterocycles. The van der Waals surface area contributed by atoms with Gasteiger partial charge >= 0.3 is 5.97 Å². The first-order valence-corrected chi connectivity index (χ1v) is 4.59. The summed E-state index contributed by atoms with van der Waals surface area (Å²) in [4.78, 5) is 33.9. The van der Waals surface area contributed by atoms with Crippen molar-refractivity contribution in [1.29, 1.82) is 0 Å². The van der Waals surface area contributed by atoms with Crippen molar-refractivity contribution < 1.29 is 51.8 Å². The smallest absolute Gasteiger partial charge is 0.305 e. The van der Waals surface area contributed by atoms with Crippen LogP contribution in [-0.4, -0.2) is 17.5 Å². The Morgan fingerprint density at radius 3 is 2.53 bits per heavy atom.